The Kier molecular flexibility index (Phi) is 5.87. The lowest BCUT2D eigenvalue weighted by atomic mass is 10.0. The fourth-order valence-corrected chi connectivity index (χ4v) is 3.80. The molecule has 1 aliphatic heterocycles. The smallest absolute Gasteiger partial charge is 0.278 e. The number of nitrogens with zero attached hydrogens (tertiary/aromatic N) is 2. The maximum absolute atomic E-state index is 14.2. The molecule has 0 radical (unpaired) electrons. The molecule has 4 nitrogen and oxygen atoms in total. The normalized spacial score (nSPS) is 13.8. The van der Waals surface area contributed by atoms with Crippen molar-refractivity contribution < 1.29 is 14.0 Å². The Balaban J connectivity index is 1.74. The summed E-state index contributed by atoms with van der Waals surface area (Å²) in [6.07, 6.45) is 0. The van der Waals surface area contributed by atoms with Crippen LogP contribution in [0, 0.1) is 5.82 Å². The number of benzene rings is 3. The molecule has 0 aromatic heterocycles. The van der Waals surface area contributed by atoms with Crippen molar-refractivity contribution in [1.29, 1.82) is 0 Å². The fourth-order valence-electron chi connectivity index (χ4n) is 3.67. The van der Waals surface area contributed by atoms with Crippen molar-refractivity contribution in [3.05, 3.63) is 112 Å². The highest BCUT2D eigenvalue weighted by Crippen LogP contribution is 2.33. The molecule has 0 fully saturated rings. The van der Waals surface area contributed by atoms with Crippen LogP contribution in [0.4, 0.5) is 4.39 Å². The second kappa shape index (κ2) is 8.74. The zero-order valence-corrected chi connectivity index (χ0v) is 17.6. The molecule has 31 heavy (non-hydrogen) atoms. The van der Waals surface area contributed by atoms with Gasteiger partial charge in [-0.15, -0.1) is 0 Å². The van der Waals surface area contributed by atoms with Crippen LogP contribution in [0.5, 0.6) is 0 Å². The van der Waals surface area contributed by atoms with E-state index in [2.05, 4.69) is 0 Å². The van der Waals surface area contributed by atoms with Crippen LogP contribution in [0.2, 0.25) is 5.02 Å². The first-order chi connectivity index (χ1) is 15.0. The van der Waals surface area contributed by atoms with Gasteiger partial charge in [-0.05, 0) is 29.3 Å². The highest BCUT2D eigenvalue weighted by molar-refractivity contribution is 6.35. The molecule has 0 atom stereocenters. The average molecular weight is 435 g/mol. The highest BCUT2D eigenvalue weighted by atomic mass is 35.5. The van der Waals surface area contributed by atoms with E-state index in [1.807, 2.05) is 30.3 Å². The van der Waals surface area contributed by atoms with Crippen LogP contribution < -0.4 is 0 Å². The Morgan fingerprint density at radius 1 is 0.871 bits per heavy atom. The van der Waals surface area contributed by atoms with Gasteiger partial charge >= 0.3 is 0 Å². The molecule has 0 aliphatic carbocycles. The molecule has 4 rings (SSSR count). The van der Waals surface area contributed by atoms with E-state index in [4.69, 9.17) is 11.6 Å². The zero-order chi connectivity index (χ0) is 22.0. The molecule has 1 heterocycles. The molecular weight excluding hydrogens is 415 g/mol. The molecule has 3 aromatic carbocycles. The minimum Gasteiger partial charge on any atom is -0.365 e. The van der Waals surface area contributed by atoms with Gasteiger partial charge in [-0.25, -0.2) is 4.39 Å². The van der Waals surface area contributed by atoms with E-state index in [0.29, 0.717) is 17.1 Å². The van der Waals surface area contributed by atoms with E-state index in [9.17, 15) is 14.0 Å². The van der Waals surface area contributed by atoms with Crippen LogP contribution in [0.15, 0.2) is 84.6 Å². The summed E-state index contributed by atoms with van der Waals surface area (Å²) in [6.45, 7) is 0.309. The van der Waals surface area contributed by atoms with Crippen LogP contribution in [0.1, 0.15) is 16.7 Å². The van der Waals surface area contributed by atoms with Crippen LogP contribution in [-0.4, -0.2) is 28.7 Å². The summed E-state index contributed by atoms with van der Waals surface area (Å²) in [5, 5.41) is 0.531. The van der Waals surface area contributed by atoms with E-state index in [0.717, 1.165) is 10.5 Å². The fraction of sp³-hybridized carbons (Fsp3) is 0.120. The van der Waals surface area contributed by atoms with E-state index in [1.165, 1.54) is 6.07 Å². The Labute approximate surface area is 185 Å². The van der Waals surface area contributed by atoms with Crippen molar-refractivity contribution in [3.8, 4) is 0 Å². The number of carbonyl (C=O) groups excluding carboxylic acids is 2. The number of imide groups is 1. The zero-order valence-electron chi connectivity index (χ0n) is 16.9. The third kappa shape index (κ3) is 4.23. The Hall–Kier alpha value is -3.44. The monoisotopic (exact) mass is 434 g/mol. The number of amides is 2. The molecule has 0 N–H and O–H groups in total. The highest BCUT2D eigenvalue weighted by Gasteiger charge is 2.41. The van der Waals surface area contributed by atoms with Gasteiger partial charge in [-0.2, -0.15) is 0 Å². The Morgan fingerprint density at radius 3 is 2.19 bits per heavy atom. The molecule has 3 aromatic rings. The van der Waals surface area contributed by atoms with E-state index in [1.54, 1.807) is 54.4 Å². The summed E-state index contributed by atoms with van der Waals surface area (Å²) in [5.41, 5.74) is 2.45. The molecule has 0 spiro atoms. The van der Waals surface area contributed by atoms with Gasteiger partial charge in [0, 0.05) is 24.2 Å². The molecule has 1 aliphatic rings. The third-order valence-electron chi connectivity index (χ3n) is 5.21. The van der Waals surface area contributed by atoms with Crippen molar-refractivity contribution in [3.63, 3.8) is 0 Å². The van der Waals surface area contributed by atoms with E-state index in [-0.39, 0.29) is 23.4 Å². The summed E-state index contributed by atoms with van der Waals surface area (Å²) in [7, 11) is 1.77. The molecule has 0 saturated heterocycles. The van der Waals surface area contributed by atoms with E-state index < -0.39 is 17.6 Å². The minimum absolute atomic E-state index is 0.135. The number of halogens is 2. The lowest BCUT2D eigenvalue weighted by molar-refractivity contribution is -0.138. The lowest BCUT2D eigenvalue weighted by Gasteiger charge is -2.21. The molecule has 0 saturated carbocycles. The summed E-state index contributed by atoms with van der Waals surface area (Å²) >= 11 is 6.01. The van der Waals surface area contributed by atoms with Gasteiger partial charge in [0.15, 0.2) is 0 Å². The number of carbonyl (C=O) groups is 2. The predicted molar refractivity (Wildman–Crippen MR) is 118 cm³/mol. The maximum atomic E-state index is 14.2. The molecule has 0 bridgehead atoms. The first-order valence-electron chi connectivity index (χ1n) is 9.80. The number of hydrogen-bond donors (Lipinski definition) is 0. The quantitative estimate of drug-likeness (QED) is 0.518. The van der Waals surface area contributed by atoms with Crippen molar-refractivity contribution in [1.82, 2.24) is 9.80 Å². The first kappa shape index (κ1) is 20.8. The Morgan fingerprint density at radius 2 is 1.52 bits per heavy atom. The molecule has 156 valence electrons. The van der Waals surface area contributed by atoms with Crippen LogP contribution in [0.3, 0.4) is 0 Å². The molecule has 0 unspecified atom stereocenters. The van der Waals surface area contributed by atoms with Gasteiger partial charge in [-0.3, -0.25) is 14.5 Å². The first-order valence-corrected chi connectivity index (χ1v) is 10.2. The second-order valence-corrected chi connectivity index (χ2v) is 7.80. The van der Waals surface area contributed by atoms with Crippen molar-refractivity contribution in [2.45, 2.75) is 13.1 Å². The molecular formula is C25H20ClFN2O2. The maximum Gasteiger partial charge on any atom is 0.278 e. The van der Waals surface area contributed by atoms with Gasteiger partial charge in [0.1, 0.15) is 11.5 Å². The molecule has 6 heteroatoms. The third-order valence-corrected chi connectivity index (χ3v) is 5.46. The lowest BCUT2D eigenvalue weighted by Crippen LogP contribution is -2.34. The van der Waals surface area contributed by atoms with Gasteiger partial charge in [0.2, 0.25) is 0 Å². The SMILES string of the molecule is CN(Cc1ccccc1)C1=C(c2ccc(Cl)cc2)C(=O)N(Cc2ccccc2F)C1=O. The number of hydrogen-bond acceptors (Lipinski definition) is 3. The summed E-state index contributed by atoms with van der Waals surface area (Å²) < 4.78 is 14.2. The van der Waals surface area contributed by atoms with Gasteiger partial charge in [0.25, 0.3) is 11.8 Å². The van der Waals surface area contributed by atoms with Gasteiger partial charge in [-0.1, -0.05) is 72.3 Å². The summed E-state index contributed by atoms with van der Waals surface area (Å²) in [5.74, 6) is -1.36. The standard InChI is InChI=1S/C25H20ClFN2O2/c1-28(15-17-7-3-2-4-8-17)23-22(18-11-13-20(26)14-12-18)24(30)29(25(23)31)16-19-9-5-6-10-21(19)27/h2-14H,15-16H2,1H3. The van der Waals surface area contributed by atoms with Crippen molar-refractivity contribution >= 4 is 29.0 Å². The largest absolute Gasteiger partial charge is 0.365 e. The topological polar surface area (TPSA) is 40.6 Å². The molecule has 2 amide bonds. The van der Waals surface area contributed by atoms with Gasteiger partial charge in [0.05, 0.1) is 12.1 Å². The second-order valence-electron chi connectivity index (χ2n) is 7.36. The minimum atomic E-state index is -0.456. The predicted octanol–water partition coefficient (Wildman–Crippen LogP) is 4.89. The van der Waals surface area contributed by atoms with Gasteiger partial charge < -0.3 is 4.90 Å². The van der Waals surface area contributed by atoms with Crippen molar-refractivity contribution in [2.75, 3.05) is 7.05 Å². The van der Waals surface area contributed by atoms with Crippen molar-refractivity contribution in [2.24, 2.45) is 0 Å². The van der Waals surface area contributed by atoms with Crippen LogP contribution in [0.25, 0.3) is 5.57 Å². The summed E-state index contributed by atoms with van der Waals surface area (Å²) in [4.78, 5) is 29.6. The number of rotatable bonds is 6. The average Bonchev–Trinajstić information content (AvgIpc) is 3.01. The van der Waals surface area contributed by atoms with Crippen LogP contribution >= 0.6 is 11.6 Å². The number of likely N-dealkylation sites (N-methyl/N-ethyl adjacent to an activating group) is 1. The van der Waals surface area contributed by atoms with E-state index >= 15 is 0 Å². The van der Waals surface area contributed by atoms with Crippen LogP contribution in [-0.2, 0) is 22.7 Å². The Bertz CT molecular complexity index is 1160. The summed E-state index contributed by atoms with van der Waals surface area (Å²) in [6, 6.07) is 22.6.